The quantitative estimate of drug-likeness (QED) is 0.667. The average Bonchev–Trinajstić information content (AvgIpc) is 3.04. The zero-order valence-corrected chi connectivity index (χ0v) is 16.3. The molecule has 0 heterocycles. The van der Waals surface area contributed by atoms with E-state index in [1.165, 1.54) is 6.92 Å². The largest absolute Gasteiger partial charge is 0.480 e. The Balaban J connectivity index is 1.63. The molecule has 1 unspecified atom stereocenters. The zero-order valence-electron chi connectivity index (χ0n) is 16.3. The van der Waals surface area contributed by atoms with Crippen LogP contribution in [-0.2, 0) is 14.3 Å². The number of alkyl carbamates (subject to hydrolysis) is 1. The number of carbonyl (C=O) groups is 3. The van der Waals surface area contributed by atoms with E-state index < -0.39 is 30.1 Å². The molecule has 0 radical (unpaired) electrons. The summed E-state index contributed by atoms with van der Waals surface area (Å²) in [5.74, 6) is -1.78. The van der Waals surface area contributed by atoms with Crippen LogP contribution in [0, 0.1) is 0 Å². The Morgan fingerprint density at radius 2 is 1.55 bits per heavy atom. The maximum Gasteiger partial charge on any atom is 0.407 e. The Bertz CT molecular complexity index is 881. The maximum absolute atomic E-state index is 12.3. The Hall–Kier alpha value is -3.35. The number of carbonyl (C=O) groups excluding carboxylic acids is 2. The van der Waals surface area contributed by atoms with Crippen LogP contribution in [0.1, 0.15) is 37.3 Å². The number of aliphatic carboxylic acids is 1. The molecule has 0 bridgehead atoms. The van der Waals surface area contributed by atoms with Crippen molar-refractivity contribution in [1.82, 2.24) is 10.6 Å². The van der Waals surface area contributed by atoms with E-state index in [1.54, 1.807) is 6.92 Å². The van der Waals surface area contributed by atoms with Crippen LogP contribution in [0.5, 0.6) is 0 Å². The third kappa shape index (κ3) is 4.39. The molecule has 0 spiro atoms. The van der Waals surface area contributed by atoms with Gasteiger partial charge in [0.15, 0.2) is 0 Å². The lowest BCUT2D eigenvalue weighted by atomic mass is 9.98. The Morgan fingerprint density at radius 1 is 1.00 bits per heavy atom. The van der Waals surface area contributed by atoms with Crippen molar-refractivity contribution < 1.29 is 24.2 Å². The molecule has 2 amide bonds. The first-order valence-corrected chi connectivity index (χ1v) is 9.57. The highest BCUT2D eigenvalue weighted by Gasteiger charge is 2.29. The molecule has 3 rings (SSSR count). The number of hydrogen-bond acceptors (Lipinski definition) is 4. The molecule has 0 saturated carbocycles. The highest BCUT2D eigenvalue weighted by atomic mass is 16.5. The number of hydrogen-bond donors (Lipinski definition) is 3. The van der Waals surface area contributed by atoms with Gasteiger partial charge in [-0.1, -0.05) is 55.5 Å². The van der Waals surface area contributed by atoms with Gasteiger partial charge < -0.3 is 20.5 Å². The molecule has 152 valence electrons. The lowest BCUT2D eigenvalue weighted by Gasteiger charge is -2.19. The van der Waals surface area contributed by atoms with E-state index in [-0.39, 0.29) is 12.5 Å². The van der Waals surface area contributed by atoms with E-state index in [4.69, 9.17) is 9.84 Å². The number of nitrogens with one attached hydrogen (secondary N) is 2. The molecule has 0 fully saturated rings. The van der Waals surface area contributed by atoms with Gasteiger partial charge in [0.25, 0.3) is 0 Å². The van der Waals surface area contributed by atoms with Crippen LogP contribution in [-0.4, -0.2) is 41.8 Å². The van der Waals surface area contributed by atoms with Gasteiger partial charge in [-0.25, -0.2) is 4.79 Å². The molecule has 1 aliphatic carbocycles. The molecular formula is C22H24N2O5. The molecule has 0 aromatic heterocycles. The third-order valence-electron chi connectivity index (χ3n) is 5.09. The Kier molecular flexibility index (Phi) is 6.16. The second-order valence-corrected chi connectivity index (χ2v) is 7.00. The lowest BCUT2D eigenvalue weighted by molar-refractivity contribution is -0.141. The molecular weight excluding hydrogens is 372 g/mol. The zero-order chi connectivity index (χ0) is 21.0. The second-order valence-electron chi connectivity index (χ2n) is 7.00. The number of rotatable bonds is 7. The summed E-state index contributed by atoms with van der Waals surface area (Å²) in [5.41, 5.74) is 4.46. The van der Waals surface area contributed by atoms with Crippen LogP contribution < -0.4 is 10.6 Å². The monoisotopic (exact) mass is 396 g/mol. The van der Waals surface area contributed by atoms with Gasteiger partial charge in [0.05, 0.1) is 0 Å². The van der Waals surface area contributed by atoms with Crippen LogP contribution >= 0.6 is 0 Å². The number of amides is 2. The van der Waals surface area contributed by atoms with E-state index >= 15 is 0 Å². The molecule has 29 heavy (non-hydrogen) atoms. The van der Waals surface area contributed by atoms with E-state index in [0.29, 0.717) is 6.42 Å². The van der Waals surface area contributed by atoms with Gasteiger partial charge >= 0.3 is 12.1 Å². The SMILES string of the molecule is CC[C@H](NC(=O)OCC1c2ccccc2-c2ccccc21)C(=O)NC(C)C(=O)O. The molecule has 1 aliphatic rings. The van der Waals surface area contributed by atoms with Crippen molar-refractivity contribution >= 4 is 18.0 Å². The third-order valence-corrected chi connectivity index (χ3v) is 5.09. The van der Waals surface area contributed by atoms with Crippen molar-refractivity contribution in [3.05, 3.63) is 59.7 Å². The van der Waals surface area contributed by atoms with Crippen LogP contribution in [0.15, 0.2) is 48.5 Å². The molecule has 0 saturated heterocycles. The van der Waals surface area contributed by atoms with Crippen molar-refractivity contribution in [1.29, 1.82) is 0 Å². The first-order valence-electron chi connectivity index (χ1n) is 9.57. The molecule has 2 aromatic rings. The number of benzene rings is 2. The fourth-order valence-corrected chi connectivity index (χ4v) is 3.51. The van der Waals surface area contributed by atoms with Gasteiger partial charge in [-0.05, 0) is 35.6 Å². The van der Waals surface area contributed by atoms with E-state index in [9.17, 15) is 14.4 Å². The summed E-state index contributed by atoms with van der Waals surface area (Å²) in [6.45, 7) is 3.23. The normalized spacial score (nSPS) is 14.3. The number of fused-ring (bicyclic) bond motifs is 3. The fraction of sp³-hybridized carbons (Fsp3) is 0.318. The minimum atomic E-state index is -1.14. The second kappa shape index (κ2) is 8.77. The topological polar surface area (TPSA) is 105 Å². The molecule has 0 aliphatic heterocycles. The maximum atomic E-state index is 12.3. The van der Waals surface area contributed by atoms with Crippen LogP contribution in [0.3, 0.4) is 0 Å². The highest BCUT2D eigenvalue weighted by Crippen LogP contribution is 2.44. The van der Waals surface area contributed by atoms with E-state index in [0.717, 1.165) is 22.3 Å². The van der Waals surface area contributed by atoms with Gasteiger partial charge in [0.2, 0.25) is 5.91 Å². The molecule has 3 N–H and O–H groups in total. The first kappa shape index (κ1) is 20.4. The molecule has 2 atom stereocenters. The van der Waals surface area contributed by atoms with Crippen LogP contribution in [0.25, 0.3) is 11.1 Å². The van der Waals surface area contributed by atoms with Crippen molar-refractivity contribution in [3.63, 3.8) is 0 Å². The Labute approximate surface area is 169 Å². The molecule has 2 aromatic carbocycles. The summed E-state index contributed by atoms with van der Waals surface area (Å²) in [6.07, 6.45) is -0.403. The molecule has 7 nitrogen and oxygen atoms in total. The van der Waals surface area contributed by atoms with Crippen LogP contribution in [0.2, 0.25) is 0 Å². The van der Waals surface area contributed by atoms with Gasteiger partial charge in [0, 0.05) is 5.92 Å². The first-order chi connectivity index (χ1) is 13.9. The van der Waals surface area contributed by atoms with Gasteiger partial charge in [-0.15, -0.1) is 0 Å². The van der Waals surface area contributed by atoms with Crippen molar-refractivity contribution in [3.8, 4) is 11.1 Å². The summed E-state index contributed by atoms with van der Waals surface area (Å²) in [5, 5.41) is 13.8. The van der Waals surface area contributed by atoms with E-state index in [2.05, 4.69) is 22.8 Å². The van der Waals surface area contributed by atoms with Crippen molar-refractivity contribution in [2.75, 3.05) is 6.61 Å². The minimum absolute atomic E-state index is 0.0749. The summed E-state index contributed by atoms with van der Waals surface area (Å²) in [4.78, 5) is 35.3. The summed E-state index contributed by atoms with van der Waals surface area (Å²) >= 11 is 0. The smallest absolute Gasteiger partial charge is 0.407 e. The highest BCUT2D eigenvalue weighted by molar-refractivity contribution is 5.89. The molecule has 7 heteroatoms. The van der Waals surface area contributed by atoms with Gasteiger partial charge in [-0.3, -0.25) is 9.59 Å². The van der Waals surface area contributed by atoms with Gasteiger partial charge in [-0.2, -0.15) is 0 Å². The Morgan fingerprint density at radius 3 is 2.07 bits per heavy atom. The van der Waals surface area contributed by atoms with Crippen molar-refractivity contribution in [2.45, 2.75) is 38.3 Å². The number of carboxylic acid groups (broad SMARTS) is 1. The predicted octanol–water partition coefficient (Wildman–Crippen LogP) is 2.89. The van der Waals surface area contributed by atoms with Gasteiger partial charge in [0.1, 0.15) is 18.7 Å². The summed E-state index contributed by atoms with van der Waals surface area (Å²) < 4.78 is 5.43. The summed E-state index contributed by atoms with van der Waals surface area (Å²) in [7, 11) is 0. The van der Waals surface area contributed by atoms with Crippen LogP contribution in [0.4, 0.5) is 4.79 Å². The number of ether oxygens (including phenoxy) is 1. The standard InChI is InChI=1S/C22H24N2O5/c1-3-19(20(25)23-13(2)21(26)27)24-22(28)29-12-18-16-10-6-4-8-14(16)15-9-5-7-11-17(15)18/h4-11,13,18-19H,3,12H2,1-2H3,(H,23,25)(H,24,28)(H,26,27)/t13?,19-/m0/s1. The minimum Gasteiger partial charge on any atom is -0.480 e. The fourth-order valence-electron chi connectivity index (χ4n) is 3.51. The lowest BCUT2D eigenvalue weighted by Crippen LogP contribution is -2.50. The summed E-state index contributed by atoms with van der Waals surface area (Å²) in [6, 6.07) is 14.1. The number of carboxylic acids is 1. The predicted molar refractivity (Wildman–Crippen MR) is 108 cm³/mol. The van der Waals surface area contributed by atoms with Crippen molar-refractivity contribution in [2.24, 2.45) is 0 Å². The van der Waals surface area contributed by atoms with E-state index in [1.807, 2.05) is 36.4 Å². The average molecular weight is 396 g/mol.